The molecule has 2 aromatic rings. The minimum absolute atomic E-state index is 0.0820. The molecule has 0 fully saturated rings. The molecule has 0 spiro atoms. The van der Waals surface area contributed by atoms with Gasteiger partial charge in [0.15, 0.2) is 0 Å². The van der Waals surface area contributed by atoms with E-state index in [1.54, 1.807) is 12.3 Å². The molecule has 0 atom stereocenters. The van der Waals surface area contributed by atoms with Crippen LogP contribution in [0.15, 0.2) is 24.5 Å². The van der Waals surface area contributed by atoms with Crippen LogP contribution in [0.3, 0.4) is 0 Å². The number of nitrogens with zero attached hydrogens (tertiary/aromatic N) is 3. The maximum absolute atomic E-state index is 11.8. The first-order valence-corrected chi connectivity index (χ1v) is 7.63. The van der Waals surface area contributed by atoms with Gasteiger partial charge in [-0.15, -0.1) is 0 Å². The first kappa shape index (κ1) is 16.0. The number of rotatable bonds is 7. The van der Waals surface area contributed by atoms with Gasteiger partial charge in [-0.1, -0.05) is 13.8 Å². The fourth-order valence-corrected chi connectivity index (χ4v) is 2.19. The number of carbonyl (C=O) groups is 1. The molecule has 0 aromatic carbocycles. The van der Waals surface area contributed by atoms with E-state index in [1.807, 2.05) is 30.9 Å². The Morgan fingerprint density at radius 2 is 2.14 bits per heavy atom. The van der Waals surface area contributed by atoms with Gasteiger partial charge in [0.1, 0.15) is 5.82 Å². The molecule has 0 unspecified atom stereocenters. The number of nitrogens with one attached hydrogen (secondary N) is 2. The van der Waals surface area contributed by atoms with Crippen LogP contribution in [-0.2, 0) is 20.0 Å². The fraction of sp³-hybridized carbons (Fsp3) is 0.438. The first-order valence-electron chi connectivity index (χ1n) is 7.63. The van der Waals surface area contributed by atoms with Gasteiger partial charge < -0.3 is 10.6 Å². The van der Waals surface area contributed by atoms with E-state index in [2.05, 4.69) is 27.6 Å². The number of pyridine rings is 1. The van der Waals surface area contributed by atoms with E-state index >= 15 is 0 Å². The smallest absolute Gasteiger partial charge is 0.252 e. The highest BCUT2D eigenvalue weighted by Crippen LogP contribution is 2.11. The van der Waals surface area contributed by atoms with Crippen molar-refractivity contribution in [2.75, 3.05) is 11.9 Å². The van der Waals surface area contributed by atoms with Gasteiger partial charge in [-0.05, 0) is 25.0 Å². The third kappa shape index (κ3) is 4.07. The Hall–Kier alpha value is -2.37. The molecule has 0 aliphatic heterocycles. The summed E-state index contributed by atoms with van der Waals surface area (Å²) in [6.45, 7) is 5.47. The quantitative estimate of drug-likeness (QED) is 0.822. The van der Waals surface area contributed by atoms with E-state index in [-0.39, 0.29) is 5.91 Å². The molecule has 118 valence electrons. The van der Waals surface area contributed by atoms with Crippen LogP contribution in [0.2, 0.25) is 0 Å². The van der Waals surface area contributed by atoms with Crippen molar-refractivity contribution in [3.8, 4) is 0 Å². The van der Waals surface area contributed by atoms with E-state index in [9.17, 15) is 4.79 Å². The molecule has 22 heavy (non-hydrogen) atoms. The molecule has 6 nitrogen and oxygen atoms in total. The molecule has 2 rings (SSSR count). The lowest BCUT2D eigenvalue weighted by molar-refractivity contribution is 0.0953. The third-order valence-corrected chi connectivity index (χ3v) is 3.35. The number of carbonyl (C=O) groups excluding carboxylic acids is 1. The Balaban J connectivity index is 1.95. The highest BCUT2D eigenvalue weighted by molar-refractivity contribution is 5.93. The molecule has 0 saturated carbocycles. The van der Waals surface area contributed by atoms with Crippen molar-refractivity contribution in [3.63, 3.8) is 0 Å². The molecule has 2 heterocycles. The summed E-state index contributed by atoms with van der Waals surface area (Å²) in [5.41, 5.74) is 2.83. The molecule has 0 bridgehead atoms. The van der Waals surface area contributed by atoms with Crippen molar-refractivity contribution in [1.29, 1.82) is 0 Å². The van der Waals surface area contributed by atoms with E-state index < -0.39 is 0 Å². The van der Waals surface area contributed by atoms with Gasteiger partial charge >= 0.3 is 0 Å². The van der Waals surface area contributed by atoms with E-state index in [1.165, 1.54) is 0 Å². The Bertz CT molecular complexity index is 618. The van der Waals surface area contributed by atoms with Crippen LogP contribution in [0, 0.1) is 0 Å². The Morgan fingerprint density at radius 1 is 1.32 bits per heavy atom. The molecular weight excluding hydrogens is 278 g/mol. The summed E-state index contributed by atoms with van der Waals surface area (Å²) in [6, 6.07) is 3.60. The fourth-order valence-electron chi connectivity index (χ4n) is 2.19. The summed E-state index contributed by atoms with van der Waals surface area (Å²) >= 11 is 0. The zero-order chi connectivity index (χ0) is 15.9. The lowest BCUT2D eigenvalue weighted by Crippen LogP contribution is -2.24. The highest BCUT2D eigenvalue weighted by atomic mass is 16.1. The first-order chi connectivity index (χ1) is 10.6. The molecule has 0 aliphatic carbocycles. The average molecular weight is 301 g/mol. The van der Waals surface area contributed by atoms with Gasteiger partial charge in [0.05, 0.1) is 11.3 Å². The number of amides is 1. The maximum atomic E-state index is 11.8. The molecule has 0 radical (unpaired) electrons. The number of anilines is 1. The normalized spacial score (nSPS) is 10.5. The molecular formula is C16H23N5O. The molecule has 6 heteroatoms. The summed E-state index contributed by atoms with van der Waals surface area (Å²) < 4.78 is 1.82. The number of hydrogen-bond donors (Lipinski definition) is 2. The molecule has 2 aromatic heterocycles. The predicted molar refractivity (Wildman–Crippen MR) is 86.8 cm³/mol. The van der Waals surface area contributed by atoms with Crippen molar-refractivity contribution >= 4 is 11.7 Å². The summed E-state index contributed by atoms with van der Waals surface area (Å²) in [7, 11) is 1.92. The Morgan fingerprint density at radius 3 is 2.77 bits per heavy atom. The van der Waals surface area contributed by atoms with Crippen molar-refractivity contribution in [2.45, 2.75) is 33.2 Å². The van der Waals surface area contributed by atoms with Crippen LogP contribution in [0.1, 0.15) is 41.9 Å². The van der Waals surface area contributed by atoms with Crippen molar-refractivity contribution in [1.82, 2.24) is 20.1 Å². The maximum Gasteiger partial charge on any atom is 0.252 e. The molecule has 0 aliphatic rings. The van der Waals surface area contributed by atoms with E-state index in [0.29, 0.717) is 18.7 Å². The van der Waals surface area contributed by atoms with Crippen molar-refractivity contribution in [2.24, 2.45) is 7.05 Å². The summed E-state index contributed by atoms with van der Waals surface area (Å²) in [4.78, 5) is 16.1. The Kier molecular flexibility index (Phi) is 5.52. The monoisotopic (exact) mass is 301 g/mol. The van der Waals surface area contributed by atoms with Crippen molar-refractivity contribution in [3.05, 3.63) is 41.3 Å². The lowest BCUT2D eigenvalue weighted by Gasteiger charge is -2.07. The van der Waals surface area contributed by atoms with Gasteiger partial charge in [0, 0.05) is 38.1 Å². The van der Waals surface area contributed by atoms with E-state index in [4.69, 9.17) is 0 Å². The number of aromatic nitrogens is 3. The van der Waals surface area contributed by atoms with Crippen LogP contribution in [0.25, 0.3) is 0 Å². The van der Waals surface area contributed by atoms with Crippen LogP contribution in [-0.4, -0.2) is 27.2 Å². The second kappa shape index (κ2) is 7.59. The lowest BCUT2D eigenvalue weighted by atomic mass is 10.2. The summed E-state index contributed by atoms with van der Waals surface area (Å²) in [5.74, 6) is 0.666. The Labute approximate surface area is 130 Å². The zero-order valence-corrected chi connectivity index (χ0v) is 13.4. The van der Waals surface area contributed by atoms with Gasteiger partial charge in [-0.25, -0.2) is 4.98 Å². The van der Waals surface area contributed by atoms with Gasteiger partial charge in [-0.2, -0.15) is 5.10 Å². The van der Waals surface area contributed by atoms with Gasteiger partial charge in [0.2, 0.25) is 0 Å². The van der Waals surface area contributed by atoms with Gasteiger partial charge in [0.25, 0.3) is 5.91 Å². The topological polar surface area (TPSA) is 71.8 Å². The van der Waals surface area contributed by atoms with Crippen LogP contribution in [0.5, 0.6) is 0 Å². The molecule has 0 saturated heterocycles. The highest BCUT2D eigenvalue weighted by Gasteiger charge is 2.07. The van der Waals surface area contributed by atoms with Crippen LogP contribution in [0.4, 0.5) is 5.82 Å². The second-order valence-corrected chi connectivity index (χ2v) is 5.17. The van der Waals surface area contributed by atoms with Crippen LogP contribution >= 0.6 is 0 Å². The zero-order valence-electron chi connectivity index (χ0n) is 13.4. The SMILES string of the molecule is CCCNC(=O)c1ccc(NCc2cn(C)nc2CC)nc1. The molecule has 1 amide bonds. The second-order valence-electron chi connectivity index (χ2n) is 5.17. The largest absolute Gasteiger partial charge is 0.366 e. The minimum atomic E-state index is -0.0820. The predicted octanol–water partition coefficient (Wildman–Crippen LogP) is 2.13. The van der Waals surface area contributed by atoms with Gasteiger partial charge in [-0.3, -0.25) is 9.48 Å². The van der Waals surface area contributed by atoms with Crippen LogP contribution < -0.4 is 10.6 Å². The average Bonchev–Trinajstić information content (AvgIpc) is 2.91. The minimum Gasteiger partial charge on any atom is -0.366 e. The summed E-state index contributed by atoms with van der Waals surface area (Å²) in [5, 5.41) is 10.5. The van der Waals surface area contributed by atoms with Crippen molar-refractivity contribution < 1.29 is 4.79 Å². The van der Waals surface area contributed by atoms with E-state index in [0.717, 1.165) is 29.9 Å². The summed E-state index contributed by atoms with van der Waals surface area (Å²) in [6.07, 6.45) is 5.43. The number of hydrogen-bond acceptors (Lipinski definition) is 4. The standard InChI is InChI=1S/C16H23N5O/c1-4-8-17-16(22)12-6-7-15(18-9-12)19-10-13-11-21(3)20-14(13)5-2/h6-7,9,11H,4-5,8,10H2,1-3H3,(H,17,22)(H,18,19). The third-order valence-electron chi connectivity index (χ3n) is 3.35. The number of aryl methyl sites for hydroxylation is 2. The molecule has 2 N–H and O–H groups in total.